The molecule has 3 N–H and O–H groups in total. The number of nitrogens with two attached hydrogens (primary N) is 1. The number of aliphatic hydroxyl groups excluding tert-OH is 1. The highest BCUT2D eigenvalue weighted by Gasteiger charge is 2.35. The number of hydrogen-bond donors (Lipinski definition) is 2. The third kappa shape index (κ3) is 5.32. The summed E-state index contributed by atoms with van der Waals surface area (Å²) in [6.07, 6.45) is -5.59. The van der Waals surface area contributed by atoms with E-state index >= 15 is 0 Å². The molecule has 2 aromatic heterocycles. The second-order valence-corrected chi connectivity index (χ2v) is 7.55. The van der Waals surface area contributed by atoms with E-state index in [9.17, 15) is 32.7 Å². The van der Waals surface area contributed by atoms with Crippen LogP contribution in [0.4, 0.5) is 18.0 Å². The molecule has 178 valence electrons. The monoisotopic (exact) mass is 494 g/mol. The summed E-state index contributed by atoms with van der Waals surface area (Å²) in [4.78, 5) is 34.5. The second kappa shape index (κ2) is 9.89. The normalized spacial score (nSPS) is 11.1. The first-order valence-electron chi connectivity index (χ1n) is 9.45. The predicted molar refractivity (Wildman–Crippen MR) is 118 cm³/mol. The Hall–Kier alpha value is -3.97. The average molecular weight is 494 g/mol. The van der Waals surface area contributed by atoms with Crippen molar-refractivity contribution in [2.45, 2.75) is 12.8 Å². The summed E-state index contributed by atoms with van der Waals surface area (Å²) < 4.78 is 48.9. The predicted octanol–water partition coefficient (Wildman–Crippen LogP) is 2.80. The molecule has 0 saturated heterocycles. The molecule has 34 heavy (non-hydrogen) atoms. The lowest BCUT2D eigenvalue weighted by atomic mass is 10.2. The van der Waals surface area contributed by atoms with Gasteiger partial charge in [-0.15, -0.1) is 0 Å². The summed E-state index contributed by atoms with van der Waals surface area (Å²) in [5.41, 5.74) is 1.73. The zero-order valence-electron chi connectivity index (χ0n) is 17.4. The van der Waals surface area contributed by atoms with Crippen molar-refractivity contribution in [2.75, 3.05) is 0 Å². The number of nitrogens with zero attached hydrogens (tertiary/aromatic N) is 3. The molecule has 0 spiro atoms. The number of halogens is 3. The lowest BCUT2D eigenvalue weighted by molar-refractivity contribution is -0.144. The molecule has 13 heteroatoms. The van der Waals surface area contributed by atoms with Crippen molar-refractivity contribution in [3.8, 4) is 11.4 Å². The van der Waals surface area contributed by atoms with Crippen LogP contribution in [0, 0.1) is 0 Å². The van der Waals surface area contributed by atoms with Crippen LogP contribution in [0.3, 0.4) is 0 Å². The van der Waals surface area contributed by atoms with Crippen LogP contribution in [0.15, 0.2) is 64.2 Å². The topological polar surface area (TPSA) is 129 Å². The van der Waals surface area contributed by atoms with Gasteiger partial charge in [-0.05, 0) is 41.9 Å². The standard InChI is InChI=1S/C14H10F3N3O3S.C7H7NO2/c1-19-11(14(15,16)17)5-12(22)20(13(19)23)7-2-3-10-8(4-7)9(6-21)18-24-10;8-7(9)10-6-4-2-1-3-5-6/h2-5,21H,6H2,1H3;1-5H,(H2,8,9). The summed E-state index contributed by atoms with van der Waals surface area (Å²) >= 11 is 1.13. The lowest BCUT2D eigenvalue weighted by Gasteiger charge is -2.13. The second-order valence-electron chi connectivity index (χ2n) is 6.74. The molecule has 0 aliphatic heterocycles. The van der Waals surface area contributed by atoms with Gasteiger partial charge in [-0.25, -0.2) is 14.2 Å². The van der Waals surface area contributed by atoms with Crippen molar-refractivity contribution in [1.29, 1.82) is 0 Å². The number of carbonyl (C=O) groups is 1. The molecule has 0 bridgehead atoms. The number of aromatic nitrogens is 3. The molecule has 2 aromatic carbocycles. The zero-order chi connectivity index (χ0) is 25.0. The minimum atomic E-state index is -4.81. The Balaban J connectivity index is 0.000000271. The van der Waals surface area contributed by atoms with Crippen LogP contribution in [-0.4, -0.2) is 24.7 Å². The molecule has 0 saturated carbocycles. The highest BCUT2D eigenvalue weighted by molar-refractivity contribution is 7.13. The molecule has 4 aromatic rings. The number of hydrogen-bond acceptors (Lipinski definition) is 7. The Labute approximate surface area is 193 Å². The van der Waals surface area contributed by atoms with Crippen molar-refractivity contribution in [3.05, 3.63) is 86.8 Å². The third-order valence-electron chi connectivity index (χ3n) is 4.51. The molecule has 9 nitrogen and oxygen atoms in total. The molecule has 2 heterocycles. The largest absolute Gasteiger partial charge is 0.431 e. The van der Waals surface area contributed by atoms with Gasteiger partial charge in [-0.1, -0.05) is 18.2 Å². The molecule has 0 radical (unpaired) electrons. The molecule has 0 aliphatic carbocycles. The summed E-state index contributed by atoms with van der Waals surface area (Å²) in [6, 6.07) is 13.5. The Bertz CT molecular complexity index is 1450. The molecule has 0 unspecified atom stereocenters. The van der Waals surface area contributed by atoms with Crippen molar-refractivity contribution >= 4 is 27.7 Å². The first kappa shape index (κ1) is 24.7. The van der Waals surface area contributed by atoms with Gasteiger partial charge in [0.15, 0.2) is 0 Å². The van der Waals surface area contributed by atoms with Crippen LogP contribution >= 0.6 is 11.5 Å². The Kier molecular flexibility index (Phi) is 7.17. The number of benzene rings is 2. The van der Waals surface area contributed by atoms with Crippen molar-refractivity contribution < 1.29 is 27.8 Å². The van der Waals surface area contributed by atoms with Gasteiger partial charge < -0.3 is 15.6 Å². The van der Waals surface area contributed by atoms with Gasteiger partial charge in [0.2, 0.25) is 0 Å². The van der Waals surface area contributed by atoms with Crippen LogP contribution in [0.1, 0.15) is 11.4 Å². The number of fused-ring (bicyclic) bond motifs is 1. The third-order valence-corrected chi connectivity index (χ3v) is 5.37. The maximum atomic E-state index is 12.9. The number of rotatable bonds is 3. The van der Waals surface area contributed by atoms with E-state index in [1.807, 2.05) is 6.07 Å². The van der Waals surface area contributed by atoms with E-state index in [0.717, 1.165) is 23.3 Å². The summed E-state index contributed by atoms with van der Waals surface area (Å²) in [6.45, 7) is -0.330. The molecule has 1 amide bonds. The van der Waals surface area contributed by atoms with Crippen LogP contribution in [0.2, 0.25) is 0 Å². The molecule has 0 atom stereocenters. The van der Waals surface area contributed by atoms with Gasteiger partial charge in [0.1, 0.15) is 11.4 Å². The molecular formula is C21H17F3N4O5S. The van der Waals surface area contributed by atoms with E-state index in [0.29, 0.717) is 32.0 Å². The van der Waals surface area contributed by atoms with Crippen LogP contribution in [-0.2, 0) is 19.8 Å². The minimum absolute atomic E-state index is 0.108. The fourth-order valence-corrected chi connectivity index (χ4v) is 3.74. The van der Waals surface area contributed by atoms with E-state index < -0.39 is 29.2 Å². The maximum absolute atomic E-state index is 12.9. The minimum Gasteiger partial charge on any atom is -0.411 e. The van der Waals surface area contributed by atoms with Gasteiger partial charge in [0, 0.05) is 18.5 Å². The van der Waals surface area contributed by atoms with Gasteiger partial charge in [0.05, 0.1) is 22.7 Å². The first-order chi connectivity index (χ1) is 16.0. The summed E-state index contributed by atoms with van der Waals surface area (Å²) in [7, 11) is 0.949. The fourth-order valence-electron chi connectivity index (χ4n) is 2.97. The first-order valence-corrected chi connectivity index (χ1v) is 10.2. The van der Waals surface area contributed by atoms with Gasteiger partial charge in [-0.2, -0.15) is 17.5 Å². The van der Waals surface area contributed by atoms with E-state index in [4.69, 9.17) is 5.73 Å². The molecule has 0 fully saturated rings. The smallest absolute Gasteiger partial charge is 0.411 e. The number of para-hydroxylation sites is 1. The number of carbonyl (C=O) groups excluding carboxylic acids is 1. The van der Waals surface area contributed by atoms with Crippen LogP contribution in [0.5, 0.6) is 5.75 Å². The molecule has 4 rings (SSSR count). The molecule has 0 aliphatic rings. The highest BCUT2D eigenvalue weighted by Crippen LogP contribution is 2.28. The maximum Gasteiger partial charge on any atom is 0.431 e. The van der Waals surface area contributed by atoms with E-state index in [2.05, 4.69) is 9.11 Å². The highest BCUT2D eigenvalue weighted by atomic mass is 32.1. The van der Waals surface area contributed by atoms with Gasteiger partial charge >= 0.3 is 18.0 Å². The number of alkyl halides is 3. The van der Waals surface area contributed by atoms with Crippen LogP contribution in [0.25, 0.3) is 15.8 Å². The molecular weight excluding hydrogens is 477 g/mol. The number of aliphatic hydroxyl groups is 1. The fraction of sp³-hybridized carbons (Fsp3) is 0.143. The van der Waals surface area contributed by atoms with E-state index in [1.54, 1.807) is 30.3 Å². The van der Waals surface area contributed by atoms with E-state index in [-0.39, 0.29) is 12.3 Å². The SMILES string of the molecule is Cn1c(C(F)(F)F)cc(=O)n(-c2ccc3snc(CO)c3c2)c1=O.NC(=O)Oc1ccccc1. The zero-order valence-corrected chi connectivity index (χ0v) is 18.3. The van der Waals surface area contributed by atoms with Crippen molar-refractivity contribution in [3.63, 3.8) is 0 Å². The van der Waals surface area contributed by atoms with E-state index in [1.165, 1.54) is 12.1 Å². The Morgan fingerprint density at radius 2 is 1.82 bits per heavy atom. The number of ether oxygens (including phenoxy) is 1. The van der Waals surface area contributed by atoms with Crippen LogP contribution < -0.4 is 21.7 Å². The van der Waals surface area contributed by atoms with Gasteiger partial charge in [-0.3, -0.25) is 9.36 Å². The number of primary amides is 1. The Morgan fingerprint density at radius 3 is 2.41 bits per heavy atom. The van der Waals surface area contributed by atoms with Crippen molar-refractivity contribution in [1.82, 2.24) is 13.5 Å². The lowest BCUT2D eigenvalue weighted by Crippen LogP contribution is -2.40. The average Bonchev–Trinajstić information content (AvgIpc) is 3.19. The van der Waals surface area contributed by atoms with Crippen molar-refractivity contribution in [2.24, 2.45) is 12.8 Å². The Morgan fingerprint density at radius 1 is 1.15 bits per heavy atom. The summed E-state index contributed by atoms with van der Waals surface area (Å²) in [5, 5.41) is 9.79. The number of amides is 1. The quantitative estimate of drug-likeness (QED) is 0.451. The van der Waals surface area contributed by atoms with Gasteiger partial charge in [0.25, 0.3) is 5.56 Å². The summed E-state index contributed by atoms with van der Waals surface area (Å²) in [5.74, 6) is 0.468.